The molecule has 1 aliphatic carbocycles. The lowest BCUT2D eigenvalue weighted by Gasteiger charge is -2.13. The van der Waals surface area contributed by atoms with Crippen molar-refractivity contribution in [3.63, 3.8) is 0 Å². The van der Waals surface area contributed by atoms with E-state index in [1.54, 1.807) is 42.6 Å². The molecule has 0 atom stereocenters. The standard InChI is InChI=1S/C23H21N3O4S/c27-19(25-16-8-2-1-3-9-16)14-30-23(29)20-17-10-4-5-11-18(17)31-22(20)26-21(28)15-7-6-12-24-13-15/h1-3,6-9,12-13H,4-5,10-11,14H2,(H,25,27)(H,26,28). The van der Waals surface area contributed by atoms with E-state index in [4.69, 9.17) is 4.74 Å². The summed E-state index contributed by atoms with van der Waals surface area (Å²) in [4.78, 5) is 42.7. The van der Waals surface area contributed by atoms with Crippen molar-refractivity contribution in [1.82, 2.24) is 4.98 Å². The predicted octanol–water partition coefficient (Wildman–Crippen LogP) is 4.07. The fraction of sp³-hybridized carbons (Fsp3) is 0.217. The number of hydrogen-bond acceptors (Lipinski definition) is 6. The van der Waals surface area contributed by atoms with Gasteiger partial charge in [0, 0.05) is 23.0 Å². The normalized spacial score (nSPS) is 12.5. The molecule has 2 amide bonds. The van der Waals surface area contributed by atoms with Gasteiger partial charge in [-0.3, -0.25) is 14.6 Å². The van der Waals surface area contributed by atoms with Crippen molar-refractivity contribution in [2.24, 2.45) is 0 Å². The first kappa shape index (κ1) is 20.7. The van der Waals surface area contributed by atoms with Crippen LogP contribution in [0.3, 0.4) is 0 Å². The highest BCUT2D eigenvalue weighted by atomic mass is 32.1. The molecule has 0 aliphatic heterocycles. The molecule has 158 valence electrons. The third-order valence-corrected chi connectivity index (χ3v) is 6.13. The molecule has 2 heterocycles. The number of pyridine rings is 1. The smallest absolute Gasteiger partial charge is 0.341 e. The second-order valence-corrected chi connectivity index (χ2v) is 8.21. The number of ether oxygens (including phenoxy) is 1. The molecule has 0 radical (unpaired) electrons. The molecule has 7 nitrogen and oxygen atoms in total. The Morgan fingerprint density at radius 1 is 1.00 bits per heavy atom. The molecule has 3 aromatic rings. The zero-order valence-electron chi connectivity index (χ0n) is 16.7. The maximum atomic E-state index is 12.9. The molecular weight excluding hydrogens is 414 g/mol. The lowest BCUT2D eigenvalue weighted by Crippen LogP contribution is -2.22. The zero-order valence-corrected chi connectivity index (χ0v) is 17.5. The van der Waals surface area contributed by atoms with Crippen LogP contribution in [0, 0.1) is 0 Å². The van der Waals surface area contributed by atoms with E-state index in [0.29, 0.717) is 21.8 Å². The Morgan fingerprint density at radius 2 is 1.81 bits per heavy atom. The summed E-state index contributed by atoms with van der Waals surface area (Å²) in [5, 5.41) is 5.97. The Bertz CT molecular complexity index is 1100. The van der Waals surface area contributed by atoms with Gasteiger partial charge in [0.1, 0.15) is 5.00 Å². The van der Waals surface area contributed by atoms with Gasteiger partial charge in [-0.05, 0) is 55.5 Å². The number of nitrogens with zero attached hydrogens (tertiary/aromatic N) is 1. The molecule has 0 fully saturated rings. The number of benzene rings is 1. The number of amides is 2. The fourth-order valence-electron chi connectivity index (χ4n) is 3.46. The minimum Gasteiger partial charge on any atom is -0.452 e. The number of hydrogen-bond donors (Lipinski definition) is 2. The van der Waals surface area contributed by atoms with Crippen molar-refractivity contribution in [2.75, 3.05) is 17.2 Å². The van der Waals surface area contributed by atoms with E-state index in [1.807, 2.05) is 6.07 Å². The van der Waals surface area contributed by atoms with E-state index < -0.39 is 18.5 Å². The molecule has 8 heteroatoms. The van der Waals surface area contributed by atoms with Crippen molar-refractivity contribution in [2.45, 2.75) is 25.7 Å². The first-order chi connectivity index (χ1) is 15.1. The quantitative estimate of drug-likeness (QED) is 0.569. The van der Waals surface area contributed by atoms with Gasteiger partial charge in [-0.2, -0.15) is 0 Å². The topological polar surface area (TPSA) is 97.4 Å². The van der Waals surface area contributed by atoms with Crippen LogP contribution in [0.4, 0.5) is 10.7 Å². The third-order valence-electron chi connectivity index (χ3n) is 4.92. The van der Waals surface area contributed by atoms with Crippen LogP contribution in [-0.4, -0.2) is 29.4 Å². The predicted molar refractivity (Wildman–Crippen MR) is 119 cm³/mol. The number of aryl methyl sites for hydroxylation is 1. The van der Waals surface area contributed by atoms with Crippen molar-refractivity contribution in [3.8, 4) is 0 Å². The number of fused-ring (bicyclic) bond motifs is 1. The SMILES string of the molecule is O=C(COC(=O)c1c(NC(=O)c2cccnc2)sc2c1CCCC2)Nc1ccccc1. The molecule has 1 aliphatic rings. The van der Waals surface area contributed by atoms with Gasteiger partial charge >= 0.3 is 5.97 Å². The van der Waals surface area contributed by atoms with Crippen LogP contribution < -0.4 is 10.6 Å². The Morgan fingerprint density at radius 3 is 2.58 bits per heavy atom. The zero-order chi connectivity index (χ0) is 21.6. The summed E-state index contributed by atoms with van der Waals surface area (Å²) >= 11 is 1.40. The average molecular weight is 436 g/mol. The molecule has 0 bridgehead atoms. The first-order valence-electron chi connectivity index (χ1n) is 10.00. The third kappa shape index (κ3) is 4.97. The van der Waals surface area contributed by atoms with E-state index in [9.17, 15) is 14.4 Å². The number of rotatable bonds is 6. The Hall–Kier alpha value is -3.52. The van der Waals surface area contributed by atoms with Gasteiger partial charge < -0.3 is 15.4 Å². The molecular formula is C23H21N3O4S. The van der Waals surface area contributed by atoms with Gasteiger partial charge in [0.15, 0.2) is 6.61 Å². The van der Waals surface area contributed by atoms with Gasteiger partial charge in [-0.15, -0.1) is 11.3 Å². The number of carbonyl (C=O) groups is 3. The number of thiophene rings is 1. The van der Waals surface area contributed by atoms with E-state index in [0.717, 1.165) is 36.1 Å². The minimum absolute atomic E-state index is 0.345. The fourth-order valence-corrected chi connectivity index (χ4v) is 4.74. The molecule has 31 heavy (non-hydrogen) atoms. The number of nitrogens with one attached hydrogen (secondary N) is 2. The highest BCUT2D eigenvalue weighted by Crippen LogP contribution is 2.38. The van der Waals surface area contributed by atoms with Crippen LogP contribution in [0.2, 0.25) is 0 Å². The molecule has 0 saturated heterocycles. The Labute approximate surface area is 183 Å². The monoisotopic (exact) mass is 435 g/mol. The number of carbonyl (C=O) groups excluding carboxylic acids is 3. The molecule has 0 saturated carbocycles. The summed E-state index contributed by atoms with van der Waals surface area (Å²) in [7, 11) is 0. The maximum Gasteiger partial charge on any atom is 0.341 e. The molecule has 2 N–H and O–H groups in total. The van der Waals surface area contributed by atoms with Crippen LogP contribution >= 0.6 is 11.3 Å². The summed E-state index contributed by atoms with van der Waals surface area (Å²) in [6, 6.07) is 12.3. The van der Waals surface area contributed by atoms with E-state index in [-0.39, 0.29) is 5.91 Å². The summed E-state index contributed by atoms with van der Waals surface area (Å²) in [6.45, 7) is -0.408. The van der Waals surface area contributed by atoms with Crippen LogP contribution in [-0.2, 0) is 22.4 Å². The van der Waals surface area contributed by atoms with E-state index >= 15 is 0 Å². The average Bonchev–Trinajstić information content (AvgIpc) is 3.16. The second kappa shape index (κ2) is 9.53. The van der Waals surface area contributed by atoms with Gasteiger partial charge in [-0.25, -0.2) is 4.79 Å². The summed E-state index contributed by atoms with van der Waals surface area (Å²) in [6.07, 6.45) is 6.66. The van der Waals surface area contributed by atoms with Crippen molar-refractivity contribution >= 4 is 39.8 Å². The van der Waals surface area contributed by atoms with E-state index in [2.05, 4.69) is 15.6 Å². The Kier molecular flexibility index (Phi) is 6.37. The van der Waals surface area contributed by atoms with Crippen molar-refractivity contribution in [1.29, 1.82) is 0 Å². The summed E-state index contributed by atoms with van der Waals surface area (Å²) < 4.78 is 5.31. The van der Waals surface area contributed by atoms with Gasteiger partial charge in [0.2, 0.25) is 0 Å². The number of para-hydroxylation sites is 1. The molecule has 1 aromatic carbocycles. The molecule has 0 spiro atoms. The largest absolute Gasteiger partial charge is 0.452 e. The maximum absolute atomic E-state index is 12.9. The summed E-state index contributed by atoms with van der Waals surface area (Å²) in [5.74, 6) is -1.38. The van der Waals surface area contributed by atoms with Crippen LogP contribution in [0.15, 0.2) is 54.9 Å². The molecule has 4 rings (SSSR count). The number of esters is 1. The second-order valence-electron chi connectivity index (χ2n) is 7.10. The van der Waals surface area contributed by atoms with E-state index in [1.165, 1.54) is 17.5 Å². The molecule has 2 aromatic heterocycles. The van der Waals surface area contributed by atoms with Gasteiger partial charge in [-0.1, -0.05) is 18.2 Å². The summed E-state index contributed by atoms with van der Waals surface area (Å²) in [5.41, 5.74) is 2.28. The van der Waals surface area contributed by atoms with Crippen LogP contribution in [0.1, 0.15) is 44.0 Å². The van der Waals surface area contributed by atoms with Crippen LogP contribution in [0.25, 0.3) is 0 Å². The lowest BCUT2D eigenvalue weighted by atomic mass is 9.95. The van der Waals surface area contributed by atoms with Gasteiger partial charge in [0.25, 0.3) is 11.8 Å². The van der Waals surface area contributed by atoms with Crippen molar-refractivity contribution < 1.29 is 19.1 Å². The first-order valence-corrected chi connectivity index (χ1v) is 10.8. The minimum atomic E-state index is -0.607. The Balaban J connectivity index is 1.49. The molecule has 0 unspecified atom stereocenters. The number of anilines is 2. The highest BCUT2D eigenvalue weighted by Gasteiger charge is 2.28. The van der Waals surface area contributed by atoms with Crippen molar-refractivity contribution in [3.05, 3.63) is 76.4 Å². The van der Waals surface area contributed by atoms with Gasteiger partial charge in [0.05, 0.1) is 11.1 Å². The van der Waals surface area contributed by atoms with Crippen LogP contribution in [0.5, 0.6) is 0 Å². The highest BCUT2D eigenvalue weighted by molar-refractivity contribution is 7.17. The number of aromatic nitrogens is 1. The lowest BCUT2D eigenvalue weighted by molar-refractivity contribution is -0.119.